The van der Waals surface area contributed by atoms with E-state index in [-0.39, 0.29) is 17.9 Å². The molecule has 3 heterocycles. The van der Waals surface area contributed by atoms with Crippen molar-refractivity contribution in [3.05, 3.63) is 12.3 Å². The first-order chi connectivity index (χ1) is 11.5. The van der Waals surface area contributed by atoms with E-state index in [0.717, 1.165) is 38.0 Å². The van der Waals surface area contributed by atoms with Crippen LogP contribution in [0.3, 0.4) is 0 Å². The predicted octanol–water partition coefficient (Wildman–Crippen LogP) is 0.594. The van der Waals surface area contributed by atoms with Gasteiger partial charge in [-0.05, 0) is 31.2 Å². The van der Waals surface area contributed by atoms with Crippen molar-refractivity contribution in [1.82, 2.24) is 19.0 Å². The highest BCUT2D eigenvalue weighted by Crippen LogP contribution is 2.27. The van der Waals surface area contributed by atoms with Crippen LogP contribution in [0.1, 0.15) is 32.6 Å². The van der Waals surface area contributed by atoms with Crippen LogP contribution in [0, 0.1) is 5.92 Å². The van der Waals surface area contributed by atoms with E-state index in [1.54, 1.807) is 10.5 Å². The Balaban J connectivity index is 1.73. The van der Waals surface area contributed by atoms with E-state index >= 15 is 0 Å². The van der Waals surface area contributed by atoms with Gasteiger partial charge in [-0.15, -0.1) is 0 Å². The lowest BCUT2D eigenvalue weighted by molar-refractivity contribution is 0.412. The Morgan fingerprint density at radius 2 is 2.08 bits per heavy atom. The third kappa shape index (κ3) is 3.79. The number of nitrogens with zero attached hydrogens (tertiary/aromatic N) is 4. The first-order valence-corrected chi connectivity index (χ1v) is 10.0. The zero-order valence-corrected chi connectivity index (χ0v) is 14.9. The minimum atomic E-state index is -3.41. The highest BCUT2D eigenvalue weighted by molar-refractivity contribution is 7.87. The number of nitrogen functional groups attached to an aromatic ring is 1. The molecule has 0 saturated carbocycles. The molecule has 2 aliphatic heterocycles. The standard InChI is InChI=1S/C15H26N6O2S/c1-2-5-12-10-20(14-6-7-17-15(16)18-14)11-13(12)19-24(22,23)21-8-3-4-9-21/h6-7,12-13,19H,2-5,8-11H2,1H3,(H2,16,17,18)/t12-,13-/m0/s1. The number of rotatable bonds is 6. The smallest absolute Gasteiger partial charge is 0.279 e. The summed E-state index contributed by atoms with van der Waals surface area (Å²) in [6.45, 7) is 4.74. The van der Waals surface area contributed by atoms with Crippen molar-refractivity contribution in [2.24, 2.45) is 5.92 Å². The molecule has 8 nitrogen and oxygen atoms in total. The minimum Gasteiger partial charge on any atom is -0.368 e. The van der Waals surface area contributed by atoms with Crippen LogP contribution in [0.25, 0.3) is 0 Å². The number of hydrogen-bond acceptors (Lipinski definition) is 6. The average molecular weight is 354 g/mol. The Morgan fingerprint density at radius 3 is 2.75 bits per heavy atom. The summed E-state index contributed by atoms with van der Waals surface area (Å²) in [5.41, 5.74) is 5.67. The highest BCUT2D eigenvalue weighted by atomic mass is 32.2. The van der Waals surface area contributed by atoms with Crippen LogP contribution >= 0.6 is 0 Å². The Labute approximate surface area is 143 Å². The molecule has 2 fully saturated rings. The zero-order valence-electron chi connectivity index (χ0n) is 14.1. The number of nitrogens with one attached hydrogen (secondary N) is 1. The number of aromatic nitrogens is 2. The van der Waals surface area contributed by atoms with E-state index in [1.807, 2.05) is 6.07 Å². The average Bonchev–Trinajstić information content (AvgIpc) is 3.18. The van der Waals surface area contributed by atoms with E-state index < -0.39 is 10.2 Å². The summed E-state index contributed by atoms with van der Waals surface area (Å²) in [5.74, 6) is 1.26. The van der Waals surface area contributed by atoms with Gasteiger partial charge in [-0.25, -0.2) is 4.98 Å². The van der Waals surface area contributed by atoms with Crippen LogP contribution in [0.2, 0.25) is 0 Å². The second-order valence-corrected chi connectivity index (χ2v) is 8.26. The summed E-state index contributed by atoms with van der Waals surface area (Å²) >= 11 is 0. The molecule has 2 aliphatic rings. The van der Waals surface area contributed by atoms with E-state index in [1.165, 1.54) is 0 Å². The Hall–Kier alpha value is -1.45. The van der Waals surface area contributed by atoms with Gasteiger partial charge in [0.25, 0.3) is 10.2 Å². The van der Waals surface area contributed by atoms with Crippen LogP contribution in [0.5, 0.6) is 0 Å². The Morgan fingerprint density at radius 1 is 1.33 bits per heavy atom. The summed E-state index contributed by atoms with van der Waals surface area (Å²) < 4.78 is 29.7. The molecule has 3 rings (SSSR count). The monoisotopic (exact) mass is 354 g/mol. The topological polar surface area (TPSA) is 104 Å². The highest BCUT2D eigenvalue weighted by Gasteiger charge is 2.37. The van der Waals surface area contributed by atoms with Crippen LogP contribution < -0.4 is 15.4 Å². The fraction of sp³-hybridized carbons (Fsp3) is 0.733. The lowest BCUT2D eigenvalue weighted by atomic mass is 9.99. The maximum absolute atomic E-state index is 12.6. The lowest BCUT2D eigenvalue weighted by Gasteiger charge is -2.23. The van der Waals surface area contributed by atoms with Crippen molar-refractivity contribution in [2.75, 3.05) is 36.8 Å². The summed E-state index contributed by atoms with van der Waals surface area (Å²) in [6, 6.07) is 1.71. The van der Waals surface area contributed by atoms with Crippen molar-refractivity contribution in [3.63, 3.8) is 0 Å². The van der Waals surface area contributed by atoms with Gasteiger partial charge < -0.3 is 10.6 Å². The van der Waals surface area contributed by atoms with Crippen LogP contribution in [-0.4, -0.2) is 54.9 Å². The third-order valence-corrected chi connectivity index (χ3v) is 6.43. The van der Waals surface area contributed by atoms with E-state index in [4.69, 9.17) is 5.73 Å². The number of nitrogens with two attached hydrogens (primary N) is 1. The van der Waals surface area contributed by atoms with Gasteiger partial charge in [0.15, 0.2) is 0 Å². The Kier molecular flexibility index (Phi) is 5.21. The molecule has 0 bridgehead atoms. The van der Waals surface area contributed by atoms with E-state index in [0.29, 0.717) is 19.6 Å². The fourth-order valence-electron chi connectivity index (χ4n) is 3.59. The molecule has 24 heavy (non-hydrogen) atoms. The molecule has 0 amide bonds. The minimum absolute atomic E-state index is 0.105. The van der Waals surface area contributed by atoms with Crippen molar-refractivity contribution in [2.45, 2.75) is 38.6 Å². The molecule has 0 aliphatic carbocycles. The first kappa shape index (κ1) is 17.4. The molecule has 3 N–H and O–H groups in total. The first-order valence-electron chi connectivity index (χ1n) is 8.60. The molecule has 0 spiro atoms. The van der Waals surface area contributed by atoms with Gasteiger partial charge in [-0.2, -0.15) is 22.4 Å². The normalized spacial score (nSPS) is 25.5. The molecule has 134 valence electrons. The lowest BCUT2D eigenvalue weighted by Crippen LogP contribution is -2.47. The van der Waals surface area contributed by atoms with Crippen LogP contribution in [-0.2, 0) is 10.2 Å². The zero-order chi connectivity index (χ0) is 17.2. The molecule has 2 saturated heterocycles. The number of hydrogen-bond donors (Lipinski definition) is 2. The van der Waals surface area contributed by atoms with Crippen molar-refractivity contribution in [3.8, 4) is 0 Å². The largest absolute Gasteiger partial charge is 0.368 e. The van der Waals surface area contributed by atoms with Gasteiger partial charge in [0.1, 0.15) is 5.82 Å². The van der Waals surface area contributed by atoms with E-state index in [9.17, 15) is 8.42 Å². The van der Waals surface area contributed by atoms with Gasteiger partial charge in [-0.3, -0.25) is 0 Å². The molecule has 0 radical (unpaired) electrons. The van der Waals surface area contributed by atoms with Crippen molar-refractivity contribution < 1.29 is 8.42 Å². The fourth-order valence-corrected chi connectivity index (χ4v) is 5.13. The summed E-state index contributed by atoms with van der Waals surface area (Å²) in [6.07, 6.45) is 5.51. The van der Waals surface area contributed by atoms with Gasteiger partial charge >= 0.3 is 0 Å². The summed E-state index contributed by atoms with van der Waals surface area (Å²) in [7, 11) is -3.41. The molecule has 1 aromatic heterocycles. The van der Waals surface area contributed by atoms with Crippen LogP contribution in [0.4, 0.5) is 11.8 Å². The quantitative estimate of drug-likeness (QED) is 0.775. The SMILES string of the molecule is CCC[C@H]1CN(c2ccnc(N)n2)C[C@@H]1NS(=O)(=O)N1CCCC1. The molecule has 0 aromatic carbocycles. The second kappa shape index (κ2) is 7.20. The Bertz CT molecular complexity index is 662. The van der Waals surface area contributed by atoms with E-state index in [2.05, 4.69) is 26.5 Å². The van der Waals surface area contributed by atoms with Gasteiger partial charge in [-0.1, -0.05) is 13.3 Å². The predicted molar refractivity (Wildman–Crippen MR) is 93.7 cm³/mol. The molecule has 9 heteroatoms. The number of anilines is 2. The third-order valence-electron chi connectivity index (χ3n) is 4.79. The molecule has 1 aromatic rings. The van der Waals surface area contributed by atoms with Gasteiger partial charge in [0.2, 0.25) is 5.95 Å². The van der Waals surface area contributed by atoms with Crippen molar-refractivity contribution >= 4 is 22.0 Å². The summed E-state index contributed by atoms with van der Waals surface area (Å²) in [4.78, 5) is 10.3. The molecular formula is C15H26N6O2S. The molecule has 2 atom stereocenters. The summed E-state index contributed by atoms with van der Waals surface area (Å²) in [5, 5.41) is 0. The maximum Gasteiger partial charge on any atom is 0.279 e. The molecular weight excluding hydrogens is 328 g/mol. The van der Waals surface area contributed by atoms with Gasteiger partial charge in [0.05, 0.1) is 0 Å². The second-order valence-electron chi connectivity index (χ2n) is 6.56. The van der Waals surface area contributed by atoms with Crippen LogP contribution in [0.15, 0.2) is 12.3 Å². The van der Waals surface area contributed by atoms with Gasteiger partial charge in [0, 0.05) is 38.4 Å². The maximum atomic E-state index is 12.6. The molecule has 0 unspecified atom stereocenters. The van der Waals surface area contributed by atoms with Crippen molar-refractivity contribution in [1.29, 1.82) is 0 Å².